The summed E-state index contributed by atoms with van der Waals surface area (Å²) in [6, 6.07) is 6.18. The summed E-state index contributed by atoms with van der Waals surface area (Å²) in [6.07, 6.45) is 10.5. The zero-order valence-electron chi connectivity index (χ0n) is 15.6. The third-order valence-electron chi connectivity index (χ3n) is 4.85. The molecular formula is C20H27N5O. The fraction of sp³-hybridized carbons (Fsp3) is 0.500. The molecule has 1 aliphatic carbocycles. The predicted octanol–water partition coefficient (Wildman–Crippen LogP) is 3.24. The molecule has 0 saturated heterocycles. The zero-order chi connectivity index (χ0) is 18.4. The first-order valence-corrected chi connectivity index (χ1v) is 9.38. The van der Waals surface area contributed by atoms with Crippen LogP contribution < -0.4 is 5.32 Å². The summed E-state index contributed by atoms with van der Waals surface area (Å²) in [5.74, 6) is 1.31. The molecule has 0 unspecified atom stereocenters. The molecule has 0 spiro atoms. The van der Waals surface area contributed by atoms with E-state index in [9.17, 15) is 4.79 Å². The highest BCUT2D eigenvalue weighted by Gasteiger charge is 2.18. The molecule has 6 heteroatoms. The van der Waals surface area contributed by atoms with Crippen LogP contribution in [0.5, 0.6) is 0 Å². The Kier molecular flexibility index (Phi) is 6.15. The van der Waals surface area contributed by atoms with Crippen molar-refractivity contribution in [3.63, 3.8) is 0 Å². The number of amides is 1. The Morgan fingerprint density at radius 3 is 2.65 bits per heavy atom. The van der Waals surface area contributed by atoms with Crippen molar-refractivity contribution in [2.75, 3.05) is 18.9 Å². The second-order valence-corrected chi connectivity index (χ2v) is 7.00. The van der Waals surface area contributed by atoms with Gasteiger partial charge in [0, 0.05) is 38.1 Å². The summed E-state index contributed by atoms with van der Waals surface area (Å²) in [5, 5.41) is 3.48. The molecule has 0 aliphatic heterocycles. The number of hydrogen-bond acceptors (Lipinski definition) is 5. The number of nitrogens with zero attached hydrogens (tertiary/aromatic N) is 4. The summed E-state index contributed by atoms with van der Waals surface area (Å²) >= 11 is 0. The number of likely N-dealkylation sites (N-methyl/N-ethyl adjacent to an activating group) is 1. The quantitative estimate of drug-likeness (QED) is 0.863. The van der Waals surface area contributed by atoms with E-state index < -0.39 is 0 Å². The molecule has 6 nitrogen and oxygen atoms in total. The van der Waals surface area contributed by atoms with Gasteiger partial charge in [-0.05, 0) is 43.9 Å². The van der Waals surface area contributed by atoms with Crippen LogP contribution in [0.15, 0.2) is 30.6 Å². The van der Waals surface area contributed by atoms with Gasteiger partial charge in [0.25, 0.3) is 5.91 Å². The number of pyridine rings is 1. The fourth-order valence-corrected chi connectivity index (χ4v) is 3.35. The van der Waals surface area contributed by atoms with Crippen molar-refractivity contribution in [3.8, 4) is 0 Å². The third kappa shape index (κ3) is 5.00. The highest BCUT2D eigenvalue weighted by Crippen LogP contribution is 2.21. The Labute approximate surface area is 155 Å². The van der Waals surface area contributed by atoms with E-state index in [1.165, 1.54) is 19.3 Å². The molecule has 0 radical (unpaired) electrons. The summed E-state index contributed by atoms with van der Waals surface area (Å²) < 4.78 is 0. The lowest BCUT2D eigenvalue weighted by atomic mass is 9.95. The highest BCUT2D eigenvalue weighted by atomic mass is 16.2. The number of anilines is 1. The Balaban J connectivity index is 1.64. The maximum atomic E-state index is 12.8. The number of carbonyl (C=O) groups excluding carboxylic acids is 1. The number of nitrogens with one attached hydrogen (secondary N) is 1. The van der Waals surface area contributed by atoms with Gasteiger partial charge < -0.3 is 10.2 Å². The molecule has 0 atom stereocenters. The number of aromatic nitrogens is 3. The van der Waals surface area contributed by atoms with Crippen molar-refractivity contribution in [1.82, 2.24) is 19.9 Å². The van der Waals surface area contributed by atoms with Crippen LogP contribution in [0, 0.1) is 6.92 Å². The number of aryl methyl sites for hydroxylation is 1. The second kappa shape index (κ2) is 8.74. The molecule has 0 aromatic carbocycles. The topological polar surface area (TPSA) is 71.0 Å². The second-order valence-electron chi connectivity index (χ2n) is 7.00. The average molecular weight is 353 g/mol. The number of hydrogen-bond donors (Lipinski definition) is 1. The van der Waals surface area contributed by atoms with Gasteiger partial charge in [0.1, 0.15) is 17.3 Å². The molecule has 1 amide bonds. The van der Waals surface area contributed by atoms with Crippen molar-refractivity contribution in [2.45, 2.75) is 51.5 Å². The number of carbonyl (C=O) groups is 1. The summed E-state index contributed by atoms with van der Waals surface area (Å²) in [5.41, 5.74) is 1.62. The molecule has 1 aliphatic rings. The van der Waals surface area contributed by atoms with Gasteiger partial charge in [-0.25, -0.2) is 9.97 Å². The number of rotatable bonds is 6. The molecule has 26 heavy (non-hydrogen) atoms. The van der Waals surface area contributed by atoms with Crippen molar-refractivity contribution < 1.29 is 4.79 Å². The summed E-state index contributed by atoms with van der Waals surface area (Å²) in [4.78, 5) is 27.3. The molecule has 2 aromatic heterocycles. The Morgan fingerprint density at radius 2 is 1.92 bits per heavy atom. The first kappa shape index (κ1) is 18.3. The monoisotopic (exact) mass is 353 g/mol. The lowest BCUT2D eigenvalue weighted by Crippen LogP contribution is -2.30. The first-order chi connectivity index (χ1) is 12.6. The van der Waals surface area contributed by atoms with Crippen LogP contribution in [0.25, 0.3) is 0 Å². The largest absolute Gasteiger partial charge is 0.367 e. The van der Waals surface area contributed by atoms with E-state index in [4.69, 9.17) is 0 Å². The van der Waals surface area contributed by atoms with Crippen molar-refractivity contribution in [3.05, 3.63) is 47.7 Å². The van der Waals surface area contributed by atoms with Gasteiger partial charge in [-0.15, -0.1) is 0 Å². The van der Waals surface area contributed by atoms with E-state index in [0.717, 1.165) is 30.6 Å². The molecular weight excluding hydrogens is 326 g/mol. The Bertz CT molecular complexity index is 728. The average Bonchev–Trinajstić information content (AvgIpc) is 2.66. The van der Waals surface area contributed by atoms with E-state index in [0.29, 0.717) is 24.1 Å². The van der Waals surface area contributed by atoms with E-state index in [-0.39, 0.29) is 5.91 Å². The maximum Gasteiger partial charge on any atom is 0.272 e. The SMILES string of the molecule is Cc1nc(NC2CCCCC2)cc(C(=O)N(C)CCc2ccncc2)n1. The van der Waals surface area contributed by atoms with Gasteiger partial charge in [0.2, 0.25) is 0 Å². The first-order valence-electron chi connectivity index (χ1n) is 9.38. The Hall–Kier alpha value is -2.50. The van der Waals surface area contributed by atoms with Crippen LogP contribution in [-0.2, 0) is 6.42 Å². The smallest absolute Gasteiger partial charge is 0.272 e. The molecule has 1 saturated carbocycles. The van der Waals surface area contributed by atoms with Crippen LogP contribution in [0.3, 0.4) is 0 Å². The third-order valence-corrected chi connectivity index (χ3v) is 4.85. The lowest BCUT2D eigenvalue weighted by Gasteiger charge is -2.23. The van der Waals surface area contributed by atoms with Crippen molar-refractivity contribution in [1.29, 1.82) is 0 Å². The maximum absolute atomic E-state index is 12.8. The minimum absolute atomic E-state index is 0.0729. The van der Waals surface area contributed by atoms with Gasteiger partial charge in [-0.2, -0.15) is 0 Å². The van der Waals surface area contributed by atoms with Crippen LogP contribution in [-0.4, -0.2) is 45.4 Å². The van der Waals surface area contributed by atoms with Gasteiger partial charge in [0.05, 0.1) is 0 Å². The van der Waals surface area contributed by atoms with Gasteiger partial charge in [-0.1, -0.05) is 19.3 Å². The zero-order valence-corrected chi connectivity index (χ0v) is 15.6. The minimum Gasteiger partial charge on any atom is -0.367 e. The summed E-state index contributed by atoms with van der Waals surface area (Å²) in [7, 11) is 1.81. The predicted molar refractivity (Wildman–Crippen MR) is 102 cm³/mol. The van der Waals surface area contributed by atoms with E-state index >= 15 is 0 Å². The van der Waals surface area contributed by atoms with Gasteiger partial charge >= 0.3 is 0 Å². The molecule has 2 aromatic rings. The van der Waals surface area contributed by atoms with Crippen LogP contribution in [0.4, 0.5) is 5.82 Å². The Morgan fingerprint density at radius 1 is 1.19 bits per heavy atom. The highest BCUT2D eigenvalue weighted by molar-refractivity contribution is 5.92. The normalized spacial score (nSPS) is 14.8. The van der Waals surface area contributed by atoms with Crippen molar-refractivity contribution in [2.24, 2.45) is 0 Å². The molecule has 3 rings (SSSR count). The standard InChI is InChI=1S/C20H27N5O/c1-15-22-18(14-19(23-15)24-17-6-4-3-5-7-17)20(26)25(2)13-10-16-8-11-21-12-9-16/h8-9,11-12,14,17H,3-7,10,13H2,1-2H3,(H,22,23,24). The fourth-order valence-electron chi connectivity index (χ4n) is 3.35. The van der Waals surface area contributed by atoms with E-state index in [1.807, 2.05) is 26.1 Å². The molecule has 138 valence electrons. The van der Waals surface area contributed by atoms with Gasteiger partial charge in [0.15, 0.2) is 0 Å². The molecule has 0 bridgehead atoms. The minimum atomic E-state index is -0.0729. The molecule has 2 heterocycles. The molecule has 1 fully saturated rings. The molecule has 1 N–H and O–H groups in total. The van der Waals surface area contributed by atoms with Crippen LogP contribution in [0.1, 0.15) is 54.0 Å². The van der Waals surface area contributed by atoms with Crippen LogP contribution >= 0.6 is 0 Å². The van der Waals surface area contributed by atoms with E-state index in [1.54, 1.807) is 23.4 Å². The lowest BCUT2D eigenvalue weighted by molar-refractivity contribution is 0.0790. The van der Waals surface area contributed by atoms with E-state index in [2.05, 4.69) is 20.3 Å². The summed E-state index contributed by atoms with van der Waals surface area (Å²) in [6.45, 7) is 2.47. The van der Waals surface area contributed by atoms with Crippen molar-refractivity contribution >= 4 is 11.7 Å². The van der Waals surface area contributed by atoms with Gasteiger partial charge in [-0.3, -0.25) is 9.78 Å². The van der Waals surface area contributed by atoms with Crippen LogP contribution in [0.2, 0.25) is 0 Å².